The topological polar surface area (TPSA) is 63.3 Å². The van der Waals surface area contributed by atoms with E-state index in [0.717, 1.165) is 10.7 Å². The van der Waals surface area contributed by atoms with Gasteiger partial charge in [-0.15, -0.1) is 35.3 Å². The van der Waals surface area contributed by atoms with E-state index < -0.39 is 0 Å². The smallest absolute Gasteiger partial charge is 0.189 e. The third-order valence-electron chi connectivity index (χ3n) is 3.36. The molecule has 1 fully saturated rings. The highest BCUT2D eigenvalue weighted by Crippen LogP contribution is 2.18. The van der Waals surface area contributed by atoms with Crippen LogP contribution in [0.5, 0.6) is 0 Å². The van der Waals surface area contributed by atoms with Crippen molar-refractivity contribution in [2.24, 2.45) is 10.7 Å². The predicted molar refractivity (Wildman–Crippen MR) is 92.3 cm³/mol. The summed E-state index contributed by atoms with van der Waals surface area (Å²) in [6.45, 7) is 4.69. The number of hydrogen-bond acceptors (Lipinski definition) is 3. The van der Waals surface area contributed by atoms with Crippen molar-refractivity contribution >= 4 is 41.3 Å². The van der Waals surface area contributed by atoms with Gasteiger partial charge in [0.25, 0.3) is 0 Å². The highest BCUT2D eigenvalue weighted by Gasteiger charge is 2.13. The van der Waals surface area contributed by atoms with Crippen molar-refractivity contribution in [1.29, 1.82) is 0 Å². The van der Waals surface area contributed by atoms with E-state index in [9.17, 15) is 0 Å². The second-order valence-electron chi connectivity index (χ2n) is 4.92. The molecule has 19 heavy (non-hydrogen) atoms. The maximum atomic E-state index is 5.92. The van der Waals surface area contributed by atoms with Crippen LogP contribution in [-0.4, -0.2) is 17.0 Å². The van der Waals surface area contributed by atoms with Crippen LogP contribution in [0.1, 0.15) is 47.7 Å². The molecule has 4 nitrogen and oxygen atoms in total. The summed E-state index contributed by atoms with van der Waals surface area (Å²) >= 11 is 1.71. The fraction of sp³-hybridized carbons (Fsp3) is 0.692. The molecule has 1 aliphatic carbocycles. The zero-order valence-corrected chi connectivity index (χ0v) is 14.8. The van der Waals surface area contributed by atoms with Gasteiger partial charge in [-0.05, 0) is 26.7 Å². The zero-order chi connectivity index (χ0) is 13.0. The van der Waals surface area contributed by atoms with Crippen LogP contribution < -0.4 is 11.1 Å². The van der Waals surface area contributed by atoms with Gasteiger partial charge in [-0.2, -0.15) is 0 Å². The van der Waals surface area contributed by atoms with Crippen molar-refractivity contribution in [3.63, 3.8) is 0 Å². The molecule has 0 unspecified atom stereocenters. The second kappa shape index (κ2) is 8.04. The molecule has 0 aliphatic heterocycles. The summed E-state index contributed by atoms with van der Waals surface area (Å²) in [4.78, 5) is 10.1. The molecule has 0 bridgehead atoms. The first kappa shape index (κ1) is 16.7. The average molecular weight is 394 g/mol. The molecule has 1 heterocycles. The van der Waals surface area contributed by atoms with Gasteiger partial charge >= 0.3 is 0 Å². The van der Waals surface area contributed by atoms with E-state index in [1.807, 2.05) is 6.92 Å². The summed E-state index contributed by atoms with van der Waals surface area (Å²) in [6, 6.07) is 0.515. The SMILES string of the molecule is Cc1nc(CN=C(N)NC2CCCCC2)c(C)s1.I. The molecule has 3 N–H and O–H groups in total. The molecule has 6 heteroatoms. The Morgan fingerprint density at radius 2 is 2.05 bits per heavy atom. The van der Waals surface area contributed by atoms with Crippen LogP contribution in [0.4, 0.5) is 0 Å². The summed E-state index contributed by atoms with van der Waals surface area (Å²) in [5.74, 6) is 0.562. The Morgan fingerprint density at radius 1 is 1.37 bits per heavy atom. The van der Waals surface area contributed by atoms with Crippen molar-refractivity contribution in [2.75, 3.05) is 0 Å². The molecule has 0 aromatic carbocycles. The van der Waals surface area contributed by atoms with Crippen molar-refractivity contribution in [3.8, 4) is 0 Å². The Kier molecular flexibility index (Phi) is 7.06. The summed E-state index contributed by atoms with van der Waals surface area (Å²) in [7, 11) is 0. The minimum atomic E-state index is 0. The number of hydrogen-bond donors (Lipinski definition) is 2. The maximum absolute atomic E-state index is 5.92. The standard InChI is InChI=1S/C13H22N4S.HI/c1-9-12(16-10(2)18-9)8-15-13(14)17-11-6-4-3-5-7-11;/h11H,3-8H2,1-2H3,(H3,14,15,17);1H. The molecule has 0 radical (unpaired) electrons. The zero-order valence-electron chi connectivity index (χ0n) is 11.6. The van der Waals surface area contributed by atoms with Crippen molar-refractivity contribution in [1.82, 2.24) is 10.3 Å². The number of aliphatic imine (C=N–C) groups is 1. The van der Waals surface area contributed by atoms with Crippen molar-refractivity contribution < 1.29 is 0 Å². The summed E-state index contributed by atoms with van der Waals surface area (Å²) in [5, 5.41) is 4.41. The molecule has 0 amide bonds. The summed E-state index contributed by atoms with van der Waals surface area (Å²) < 4.78 is 0. The van der Waals surface area contributed by atoms with Gasteiger partial charge in [-0.1, -0.05) is 19.3 Å². The second-order valence-corrected chi connectivity index (χ2v) is 6.32. The first-order valence-electron chi connectivity index (χ1n) is 6.64. The van der Waals surface area contributed by atoms with Crippen LogP contribution in [0.3, 0.4) is 0 Å². The van der Waals surface area contributed by atoms with E-state index in [0.29, 0.717) is 18.5 Å². The van der Waals surface area contributed by atoms with Gasteiger partial charge in [-0.25, -0.2) is 9.98 Å². The lowest BCUT2D eigenvalue weighted by Crippen LogP contribution is -2.41. The number of nitrogens with zero attached hydrogens (tertiary/aromatic N) is 2. The van der Waals surface area contributed by atoms with Gasteiger partial charge in [0.1, 0.15) is 0 Å². The molecule has 1 saturated carbocycles. The van der Waals surface area contributed by atoms with Gasteiger partial charge in [-0.3, -0.25) is 0 Å². The number of rotatable bonds is 3. The van der Waals surface area contributed by atoms with E-state index in [4.69, 9.17) is 5.73 Å². The van der Waals surface area contributed by atoms with Gasteiger partial charge in [0.2, 0.25) is 0 Å². The molecular weight excluding hydrogens is 371 g/mol. The Hall–Kier alpha value is -0.370. The number of nitrogens with two attached hydrogens (primary N) is 1. The first-order valence-corrected chi connectivity index (χ1v) is 7.46. The Morgan fingerprint density at radius 3 is 2.63 bits per heavy atom. The molecule has 0 saturated heterocycles. The minimum absolute atomic E-state index is 0. The van der Waals surface area contributed by atoms with Crippen LogP contribution in [0.2, 0.25) is 0 Å². The summed E-state index contributed by atoms with van der Waals surface area (Å²) in [6.07, 6.45) is 6.38. The lowest BCUT2D eigenvalue weighted by atomic mass is 9.96. The van der Waals surface area contributed by atoms with E-state index in [2.05, 4.69) is 22.2 Å². The van der Waals surface area contributed by atoms with Gasteiger partial charge in [0, 0.05) is 10.9 Å². The van der Waals surface area contributed by atoms with Crippen LogP contribution in [-0.2, 0) is 6.54 Å². The highest BCUT2D eigenvalue weighted by atomic mass is 127. The third kappa shape index (κ3) is 5.25. The predicted octanol–water partition coefficient (Wildman–Crippen LogP) is 3.11. The van der Waals surface area contributed by atoms with E-state index in [-0.39, 0.29) is 24.0 Å². The molecule has 1 aliphatic rings. The normalized spacial score (nSPS) is 17.1. The number of aromatic nitrogens is 1. The van der Waals surface area contributed by atoms with Gasteiger partial charge in [0.05, 0.1) is 17.2 Å². The maximum Gasteiger partial charge on any atom is 0.189 e. The largest absolute Gasteiger partial charge is 0.370 e. The highest BCUT2D eigenvalue weighted by molar-refractivity contribution is 14.0. The Balaban J connectivity index is 0.00000180. The van der Waals surface area contributed by atoms with Gasteiger partial charge in [0.15, 0.2) is 5.96 Å². The van der Waals surface area contributed by atoms with E-state index in [1.54, 1.807) is 11.3 Å². The first-order chi connectivity index (χ1) is 8.65. The fourth-order valence-corrected chi connectivity index (χ4v) is 3.21. The monoisotopic (exact) mass is 394 g/mol. The quantitative estimate of drug-likeness (QED) is 0.471. The van der Waals surface area contributed by atoms with E-state index >= 15 is 0 Å². The van der Waals surface area contributed by atoms with Gasteiger partial charge < -0.3 is 11.1 Å². The third-order valence-corrected chi connectivity index (χ3v) is 4.28. The number of aryl methyl sites for hydroxylation is 2. The van der Waals surface area contributed by atoms with Crippen molar-refractivity contribution in [3.05, 3.63) is 15.6 Å². The van der Waals surface area contributed by atoms with Crippen LogP contribution in [0.25, 0.3) is 0 Å². The molecule has 0 spiro atoms. The average Bonchev–Trinajstić information content (AvgIpc) is 2.66. The number of guanidine groups is 1. The number of halogens is 1. The lowest BCUT2D eigenvalue weighted by Gasteiger charge is -2.23. The molecule has 108 valence electrons. The molecular formula is C13H23IN4S. The molecule has 1 aromatic heterocycles. The van der Waals surface area contributed by atoms with E-state index in [1.165, 1.54) is 37.0 Å². The lowest BCUT2D eigenvalue weighted by molar-refractivity contribution is 0.412. The minimum Gasteiger partial charge on any atom is -0.370 e. The molecule has 1 aromatic rings. The van der Waals surface area contributed by atoms with Crippen molar-refractivity contribution in [2.45, 2.75) is 58.5 Å². The molecule has 2 rings (SSSR count). The Labute approximate surface area is 136 Å². The van der Waals surface area contributed by atoms with Crippen LogP contribution in [0, 0.1) is 13.8 Å². The number of nitrogens with one attached hydrogen (secondary N) is 1. The summed E-state index contributed by atoms with van der Waals surface area (Å²) in [5.41, 5.74) is 6.97. The fourth-order valence-electron chi connectivity index (χ4n) is 2.38. The molecule has 0 atom stereocenters. The Bertz CT molecular complexity index is 424. The number of thiazole rings is 1. The van der Waals surface area contributed by atoms with Crippen LogP contribution in [0.15, 0.2) is 4.99 Å². The van der Waals surface area contributed by atoms with Crippen LogP contribution >= 0.6 is 35.3 Å².